The molecule has 0 aliphatic heterocycles. The standard InChI is InChI=1S/C11H8O4/c1-15-6-2-3-7-8(4-6)10(11(13)14)9(7)5-12/h2-5H,1H3,(H,13,14). The van der Waals surface area contributed by atoms with Crippen molar-refractivity contribution in [2.45, 2.75) is 0 Å². The number of methoxy groups -OCH3 is 1. The van der Waals surface area contributed by atoms with Crippen molar-refractivity contribution in [1.29, 1.82) is 0 Å². The Kier molecular flexibility index (Phi) is 2.04. The zero-order valence-corrected chi connectivity index (χ0v) is 7.98. The molecule has 4 heteroatoms. The zero-order valence-electron chi connectivity index (χ0n) is 7.98. The maximum Gasteiger partial charge on any atom is 0.337 e. The van der Waals surface area contributed by atoms with E-state index in [2.05, 4.69) is 0 Å². The summed E-state index contributed by atoms with van der Waals surface area (Å²) >= 11 is 0. The van der Waals surface area contributed by atoms with Crippen LogP contribution in [0.2, 0.25) is 0 Å². The van der Waals surface area contributed by atoms with Crippen LogP contribution in [0.5, 0.6) is 5.75 Å². The third-order valence-electron chi connectivity index (χ3n) is 2.39. The summed E-state index contributed by atoms with van der Waals surface area (Å²) in [6.45, 7) is 0. The van der Waals surface area contributed by atoms with E-state index in [4.69, 9.17) is 9.84 Å². The van der Waals surface area contributed by atoms with Crippen LogP contribution in [-0.4, -0.2) is 24.5 Å². The lowest BCUT2D eigenvalue weighted by atomic mass is 9.81. The zero-order chi connectivity index (χ0) is 11.0. The van der Waals surface area contributed by atoms with Gasteiger partial charge < -0.3 is 9.84 Å². The first-order valence-corrected chi connectivity index (χ1v) is 4.30. The maximum absolute atomic E-state index is 10.9. The Balaban J connectivity index is 2.54. The molecule has 0 saturated heterocycles. The van der Waals surface area contributed by atoms with Gasteiger partial charge in [-0.25, -0.2) is 4.79 Å². The van der Waals surface area contributed by atoms with Crippen molar-refractivity contribution < 1.29 is 19.4 Å². The number of allylic oxidation sites excluding steroid dienone is 1. The molecule has 2 rings (SSSR count). The predicted molar refractivity (Wildman–Crippen MR) is 53.5 cm³/mol. The molecule has 0 radical (unpaired) electrons. The van der Waals surface area contributed by atoms with Gasteiger partial charge in [0.2, 0.25) is 0 Å². The van der Waals surface area contributed by atoms with Crippen LogP contribution in [0.3, 0.4) is 0 Å². The van der Waals surface area contributed by atoms with Crippen LogP contribution in [0.4, 0.5) is 0 Å². The van der Waals surface area contributed by atoms with Gasteiger partial charge in [0.25, 0.3) is 0 Å². The number of hydrogen-bond acceptors (Lipinski definition) is 3. The molecule has 0 bridgehead atoms. The minimum atomic E-state index is -1.09. The highest BCUT2D eigenvalue weighted by molar-refractivity contribution is 6.40. The summed E-state index contributed by atoms with van der Waals surface area (Å²) in [6.07, 6.45) is 0.568. The first-order valence-electron chi connectivity index (χ1n) is 4.30. The lowest BCUT2D eigenvalue weighted by Gasteiger charge is -2.21. The number of fused-ring (bicyclic) bond motifs is 1. The van der Waals surface area contributed by atoms with Crippen molar-refractivity contribution in [2.75, 3.05) is 7.11 Å². The van der Waals surface area contributed by atoms with Gasteiger partial charge in [0.1, 0.15) is 5.75 Å². The fourth-order valence-electron chi connectivity index (χ4n) is 1.66. The lowest BCUT2D eigenvalue weighted by Crippen LogP contribution is -2.14. The summed E-state index contributed by atoms with van der Waals surface area (Å²) in [5, 5.41) is 8.89. The van der Waals surface area contributed by atoms with Crippen molar-refractivity contribution >= 4 is 23.4 Å². The van der Waals surface area contributed by atoms with E-state index in [0.717, 1.165) is 0 Å². The number of carbonyl (C=O) groups excluding carboxylic acids is 1. The van der Waals surface area contributed by atoms with Crippen LogP contribution in [0.1, 0.15) is 11.1 Å². The molecule has 76 valence electrons. The number of rotatable bonds is 3. The number of hydrogen-bond donors (Lipinski definition) is 1. The van der Waals surface area contributed by atoms with Crippen molar-refractivity contribution in [3.8, 4) is 5.75 Å². The van der Waals surface area contributed by atoms with Gasteiger partial charge in [-0.3, -0.25) is 4.79 Å². The van der Waals surface area contributed by atoms with E-state index >= 15 is 0 Å². The van der Waals surface area contributed by atoms with E-state index in [9.17, 15) is 9.59 Å². The van der Waals surface area contributed by atoms with Gasteiger partial charge in [-0.2, -0.15) is 0 Å². The van der Waals surface area contributed by atoms with Crippen molar-refractivity contribution in [3.05, 3.63) is 29.3 Å². The third-order valence-corrected chi connectivity index (χ3v) is 2.39. The number of ether oxygens (including phenoxy) is 1. The van der Waals surface area contributed by atoms with Gasteiger partial charge in [-0.05, 0) is 23.8 Å². The molecular formula is C11H8O4. The fraction of sp³-hybridized carbons (Fsp3) is 0.0909. The molecular weight excluding hydrogens is 196 g/mol. The molecule has 1 N–H and O–H groups in total. The van der Waals surface area contributed by atoms with Gasteiger partial charge in [-0.15, -0.1) is 0 Å². The van der Waals surface area contributed by atoms with E-state index < -0.39 is 5.97 Å². The van der Waals surface area contributed by atoms with Crippen molar-refractivity contribution in [2.24, 2.45) is 0 Å². The molecule has 0 atom stereocenters. The summed E-state index contributed by atoms with van der Waals surface area (Å²) in [5.74, 6) is -0.504. The smallest absolute Gasteiger partial charge is 0.337 e. The number of aliphatic carboxylic acids is 1. The summed E-state index contributed by atoms with van der Waals surface area (Å²) in [5.41, 5.74) is 1.55. The molecule has 1 aromatic carbocycles. The molecule has 0 fully saturated rings. The summed E-state index contributed by atoms with van der Waals surface area (Å²) in [6, 6.07) is 5.00. The monoisotopic (exact) mass is 204 g/mol. The predicted octanol–water partition coefficient (Wildman–Crippen LogP) is 1.20. The van der Waals surface area contributed by atoms with Crippen LogP contribution in [0.15, 0.2) is 18.2 Å². The van der Waals surface area contributed by atoms with Crippen LogP contribution < -0.4 is 4.74 Å². The number of benzene rings is 1. The largest absolute Gasteiger partial charge is 0.497 e. The Morgan fingerprint density at radius 2 is 2.13 bits per heavy atom. The minimum absolute atomic E-state index is 0.0684. The van der Waals surface area contributed by atoms with Gasteiger partial charge in [-0.1, -0.05) is 0 Å². The second-order valence-electron chi connectivity index (χ2n) is 3.12. The highest BCUT2D eigenvalue weighted by Gasteiger charge is 2.30. The minimum Gasteiger partial charge on any atom is -0.497 e. The van der Waals surface area contributed by atoms with E-state index in [1.807, 2.05) is 0 Å². The quantitative estimate of drug-likeness (QED) is 0.751. The van der Waals surface area contributed by atoms with Gasteiger partial charge >= 0.3 is 5.97 Å². The first-order chi connectivity index (χ1) is 7.19. The SMILES string of the molecule is COc1ccc2c(c1)C(C(=O)O)=C2C=O. The number of carboxylic acids is 1. The molecule has 0 saturated carbocycles. The van der Waals surface area contributed by atoms with E-state index in [-0.39, 0.29) is 11.1 Å². The summed E-state index contributed by atoms with van der Waals surface area (Å²) in [4.78, 5) is 21.5. The second kappa shape index (κ2) is 3.24. The Morgan fingerprint density at radius 1 is 1.40 bits per heavy atom. The normalized spacial score (nSPS) is 12.9. The summed E-state index contributed by atoms with van der Waals surface area (Å²) in [7, 11) is 1.51. The average molecular weight is 204 g/mol. The molecule has 0 aromatic heterocycles. The molecule has 0 unspecified atom stereocenters. The Bertz CT molecular complexity index is 485. The topological polar surface area (TPSA) is 63.6 Å². The first kappa shape index (κ1) is 9.45. The summed E-state index contributed by atoms with van der Waals surface area (Å²) < 4.78 is 4.98. The van der Waals surface area contributed by atoms with E-state index in [1.54, 1.807) is 18.2 Å². The molecule has 0 amide bonds. The number of aldehydes is 1. The molecule has 1 aliphatic carbocycles. The Labute approximate surface area is 85.8 Å². The van der Waals surface area contributed by atoms with Gasteiger partial charge in [0.05, 0.1) is 12.7 Å². The van der Waals surface area contributed by atoms with Crippen molar-refractivity contribution in [3.63, 3.8) is 0 Å². The maximum atomic E-state index is 10.9. The van der Waals surface area contributed by atoms with E-state index in [0.29, 0.717) is 23.2 Å². The number of carbonyl (C=O) groups is 2. The highest BCUT2D eigenvalue weighted by atomic mass is 16.5. The van der Waals surface area contributed by atoms with Gasteiger partial charge in [0.15, 0.2) is 6.29 Å². The fourth-order valence-corrected chi connectivity index (χ4v) is 1.66. The second-order valence-corrected chi connectivity index (χ2v) is 3.12. The molecule has 1 aliphatic rings. The lowest BCUT2D eigenvalue weighted by molar-refractivity contribution is -0.130. The molecule has 15 heavy (non-hydrogen) atoms. The Morgan fingerprint density at radius 3 is 2.67 bits per heavy atom. The van der Waals surface area contributed by atoms with Gasteiger partial charge in [0, 0.05) is 11.1 Å². The van der Waals surface area contributed by atoms with Crippen LogP contribution in [-0.2, 0) is 9.59 Å². The van der Waals surface area contributed by atoms with Crippen LogP contribution in [0, 0.1) is 0 Å². The molecule has 4 nitrogen and oxygen atoms in total. The molecule has 0 spiro atoms. The van der Waals surface area contributed by atoms with Crippen molar-refractivity contribution in [1.82, 2.24) is 0 Å². The average Bonchev–Trinajstić information content (AvgIpc) is 2.19. The molecule has 1 aromatic rings. The number of carboxylic acid groups (broad SMARTS) is 1. The van der Waals surface area contributed by atoms with Crippen LogP contribution >= 0.6 is 0 Å². The Hall–Kier alpha value is -2.10. The third kappa shape index (κ3) is 1.22. The van der Waals surface area contributed by atoms with E-state index in [1.165, 1.54) is 7.11 Å². The highest BCUT2D eigenvalue weighted by Crippen LogP contribution is 2.40. The molecule has 0 heterocycles. The van der Waals surface area contributed by atoms with Crippen LogP contribution in [0.25, 0.3) is 11.1 Å².